The van der Waals surface area contributed by atoms with E-state index >= 15 is 0 Å². The van der Waals surface area contributed by atoms with Gasteiger partial charge in [0.05, 0.1) is 34.5 Å². The van der Waals surface area contributed by atoms with Crippen LogP contribution in [0.1, 0.15) is 37.9 Å². The molecule has 33 heavy (non-hydrogen) atoms. The number of hydrogen-bond acceptors (Lipinski definition) is 3. The molecule has 4 atom stereocenters. The summed E-state index contributed by atoms with van der Waals surface area (Å²) >= 11 is 0. The molecule has 0 bridgehead atoms. The van der Waals surface area contributed by atoms with Crippen LogP contribution in [0.4, 0.5) is 4.39 Å². The Balaban J connectivity index is 1.49. The van der Waals surface area contributed by atoms with Gasteiger partial charge < -0.3 is 5.11 Å². The van der Waals surface area contributed by atoms with Crippen molar-refractivity contribution < 1.29 is 13.7 Å². The van der Waals surface area contributed by atoms with Gasteiger partial charge in [0.1, 0.15) is 5.82 Å². The van der Waals surface area contributed by atoms with Gasteiger partial charge in [-0.25, -0.2) is 13.3 Å². The molecular formula is C27H27FN2O2S. The van der Waals surface area contributed by atoms with Crippen LogP contribution in [0.3, 0.4) is 0 Å². The Morgan fingerprint density at radius 2 is 2.12 bits per heavy atom. The largest absolute Gasteiger partial charge is 0.388 e. The summed E-state index contributed by atoms with van der Waals surface area (Å²) < 4.78 is 27.9. The third-order valence-corrected chi connectivity index (χ3v) is 8.73. The highest BCUT2D eigenvalue weighted by Gasteiger charge is 2.50. The molecule has 1 aromatic heterocycles. The number of nitrogens with zero attached hydrogens (tertiary/aromatic N) is 2. The topological polar surface area (TPSA) is 55.1 Å². The summed E-state index contributed by atoms with van der Waals surface area (Å²) in [5, 5.41) is 17.8. The molecule has 2 aliphatic carbocycles. The van der Waals surface area contributed by atoms with Crippen molar-refractivity contribution in [3.05, 3.63) is 99.4 Å². The minimum Gasteiger partial charge on any atom is -0.388 e. The predicted octanol–water partition coefficient (Wildman–Crippen LogP) is 5.39. The zero-order valence-electron chi connectivity index (χ0n) is 18.8. The van der Waals surface area contributed by atoms with Crippen molar-refractivity contribution in [1.82, 2.24) is 9.78 Å². The number of benzene rings is 1. The maximum atomic E-state index is 13.4. The third kappa shape index (κ3) is 3.44. The van der Waals surface area contributed by atoms with Crippen molar-refractivity contribution in [2.24, 2.45) is 11.3 Å². The fourth-order valence-corrected chi connectivity index (χ4v) is 6.94. The van der Waals surface area contributed by atoms with Gasteiger partial charge in [0.2, 0.25) is 0 Å². The Bertz CT molecular complexity index is 1280. The number of aliphatic hydroxyl groups is 1. The highest BCUT2D eigenvalue weighted by molar-refractivity contribution is 7.92. The lowest BCUT2D eigenvalue weighted by atomic mass is 9.67. The molecule has 1 aromatic carbocycles. The molecule has 6 heteroatoms. The first-order valence-electron chi connectivity index (χ1n) is 11.2. The minimum atomic E-state index is -1.25. The van der Waals surface area contributed by atoms with E-state index in [-0.39, 0.29) is 17.2 Å². The molecule has 1 N–H and O–H groups in total. The molecule has 0 spiro atoms. The number of hydrogen-bond donors (Lipinski definition) is 1. The molecule has 5 rings (SSSR count). The van der Waals surface area contributed by atoms with Gasteiger partial charge in [-0.3, -0.25) is 0 Å². The Kier molecular flexibility index (Phi) is 5.46. The van der Waals surface area contributed by atoms with Crippen LogP contribution in [-0.2, 0) is 17.2 Å². The number of halogens is 1. The zero-order valence-corrected chi connectivity index (χ0v) is 19.6. The average molecular weight is 463 g/mol. The van der Waals surface area contributed by atoms with Gasteiger partial charge in [-0.2, -0.15) is 5.10 Å². The van der Waals surface area contributed by atoms with Crippen LogP contribution < -0.4 is 0 Å². The maximum Gasteiger partial charge on any atom is 0.123 e. The quantitative estimate of drug-likeness (QED) is 0.663. The van der Waals surface area contributed by atoms with Crippen LogP contribution in [0.25, 0.3) is 11.8 Å². The third-order valence-electron chi connectivity index (χ3n) is 7.38. The molecule has 4 unspecified atom stereocenters. The number of aliphatic hydroxyl groups excluding tert-OH is 1. The fourth-order valence-electron chi connectivity index (χ4n) is 5.68. The number of allylic oxidation sites excluding steroid dienone is 5. The van der Waals surface area contributed by atoms with Gasteiger partial charge in [-0.15, -0.1) is 0 Å². The summed E-state index contributed by atoms with van der Waals surface area (Å²) in [6.45, 7) is 7.88. The Morgan fingerprint density at radius 3 is 2.82 bits per heavy atom. The summed E-state index contributed by atoms with van der Waals surface area (Å²) in [5.41, 5.74) is 5.59. The van der Waals surface area contributed by atoms with E-state index in [1.807, 2.05) is 30.0 Å². The molecular weight excluding hydrogens is 435 g/mol. The van der Waals surface area contributed by atoms with E-state index in [2.05, 4.69) is 24.7 Å². The van der Waals surface area contributed by atoms with Gasteiger partial charge in [0.15, 0.2) is 0 Å². The molecule has 2 aromatic rings. The molecule has 1 aliphatic heterocycles. The normalized spacial score (nSPS) is 29.6. The van der Waals surface area contributed by atoms with Crippen LogP contribution in [0, 0.1) is 17.2 Å². The van der Waals surface area contributed by atoms with E-state index in [1.54, 1.807) is 23.6 Å². The highest BCUT2D eigenvalue weighted by Crippen LogP contribution is 2.56. The summed E-state index contributed by atoms with van der Waals surface area (Å²) in [4.78, 5) is 0.731. The van der Waals surface area contributed by atoms with E-state index in [1.165, 1.54) is 17.7 Å². The summed E-state index contributed by atoms with van der Waals surface area (Å²) in [7, 11) is -1.25. The number of aromatic nitrogens is 2. The molecule has 0 amide bonds. The number of rotatable bonds is 4. The predicted molar refractivity (Wildman–Crippen MR) is 130 cm³/mol. The molecule has 1 saturated carbocycles. The van der Waals surface area contributed by atoms with Crippen LogP contribution >= 0.6 is 0 Å². The first-order chi connectivity index (χ1) is 15.9. The molecule has 0 radical (unpaired) electrons. The van der Waals surface area contributed by atoms with Gasteiger partial charge in [0, 0.05) is 10.3 Å². The van der Waals surface area contributed by atoms with Crippen molar-refractivity contribution in [2.75, 3.05) is 0 Å². The molecule has 0 saturated heterocycles. The van der Waals surface area contributed by atoms with Crippen molar-refractivity contribution in [1.29, 1.82) is 0 Å². The standard InChI is InChI=1S/C27H27FN2O2S/c1-4-6-21-22(16-33(32)25(21)5-2)26(31)23-12-7-18-13-24-17(14-27(18,23)3)15-29-30(24)20-10-8-19(28)9-11-20/h4-6,8-11,13,15-16,23,26,31H,1,7,12,14H2,2-3H3/b21-6-,25-5+. The second-order valence-corrected chi connectivity index (χ2v) is 10.4. The zero-order chi connectivity index (χ0) is 23.3. The van der Waals surface area contributed by atoms with Crippen molar-refractivity contribution in [3.8, 4) is 5.69 Å². The van der Waals surface area contributed by atoms with Crippen molar-refractivity contribution in [2.45, 2.75) is 39.2 Å². The number of fused-ring (bicyclic) bond motifs is 2. The summed E-state index contributed by atoms with van der Waals surface area (Å²) in [5.74, 6) is -0.273. The van der Waals surface area contributed by atoms with E-state index in [9.17, 15) is 13.7 Å². The SMILES string of the molecule is C=C/C=C1/C(C(O)C2CCC3=Cc4c(cnn4-c4ccc(F)cc4)CC32C)=CS(=O)/C1=C/C. The van der Waals surface area contributed by atoms with E-state index in [0.29, 0.717) is 0 Å². The van der Waals surface area contributed by atoms with Gasteiger partial charge in [-0.05, 0) is 84.6 Å². The van der Waals surface area contributed by atoms with Gasteiger partial charge >= 0.3 is 0 Å². The lowest BCUT2D eigenvalue weighted by Gasteiger charge is -2.38. The Labute approximate surface area is 196 Å². The first kappa shape index (κ1) is 22.0. The second kappa shape index (κ2) is 8.19. The van der Waals surface area contributed by atoms with Crippen molar-refractivity contribution in [3.63, 3.8) is 0 Å². The summed E-state index contributed by atoms with van der Waals surface area (Å²) in [6, 6.07) is 6.35. The molecule has 2 heterocycles. The first-order valence-corrected chi connectivity index (χ1v) is 12.4. The average Bonchev–Trinajstić information content (AvgIpc) is 3.45. The van der Waals surface area contributed by atoms with E-state index < -0.39 is 16.9 Å². The lowest BCUT2D eigenvalue weighted by molar-refractivity contribution is 0.0855. The van der Waals surface area contributed by atoms with Crippen LogP contribution in [0.2, 0.25) is 0 Å². The van der Waals surface area contributed by atoms with Crippen LogP contribution in [-0.4, -0.2) is 25.2 Å². The molecule has 3 aliphatic rings. The van der Waals surface area contributed by atoms with Crippen molar-refractivity contribution >= 4 is 16.9 Å². The fraction of sp³-hybridized carbons (Fsp3) is 0.296. The smallest absolute Gasteiger partial charge is 0.123 e. The molecule has 170 valence electrons. The maximum absolute atomic E-state index is 13.4. The van der Waals surface area contributed by atoms with Crippen LogP contribution in [0.15, 0.2) is 82.3 Å². The monoisotopic (exact) mass is 462 g/mol. The van der Waals surface area contributed by atoms with E-state index in [4.69, 9.17) is 0 Å². The molecule has 1 fully saturated rings. The van der Waals surface area contributed by atoms with Gasteiger partial charge in [0.25, 0.3) is 0 Å². The summed E-state index contributed by atoms with van der Waals surface area (Å²) in [6.07, 6.45) is 11.2. The van der Waals surface area contributed by atoms with Gasteiger partial charge in [-0.1, -0.05) is 37.3 Å². The lowest BCUT2D eigenvalue weighted by Crippen LogP contribution is -2.37. The highest BCUT2D eigenvalue weighted by atomic mass is 32.2. The molecule has 4 nitrogen and oxygen atoms in total. The Morgan fingerprint density at radius 1 is 1.36 bits per heavy atom. The van der Waals surface area contributed by atoms with Crippen LogP contribution in [0.5, 0.6) is 0 Å². The second-order valence-electron chi connectivity index (χ2n) is 9.14. The van der Waals surface area contributed by atoms with E-state index in [0.717, 1.165) is 52.3 Å². The minimum absolute atomic E-state index is 0.00116. The Hall–Kier alpha value is -2.83.